The molecular weight excluding hydrogens is 336 g/mol. The van der Waals surface area contributed by atoms with Gasteiger partial charge < -0.3 is 15.0 Å². The molecule has 0 heterocycles. The number of hydrogen-bond acceptors (Lipinski definition) is 5. The number of phenols is 1. The molecule has 0 unspecified atom stereocenters. The average Bonchev–Trinajstić information content (AvgIpc) is 3.15. The van der Waals surface area contributed by atoms with Crippen LogP contribution in [-0.4, -0.2) is 22.9 Å². The Labute approximate surface area is 142 Å². The van der Waals surface area contributed by atoms with Gasteiger partial charge in [0, 0.05) is 16.9 Å². The normalized spacial score (nSPS) is 27.0. The summed E-state index contributed by atoms with van der Waals surface area (Å²) in [5.74, 6) is -5.03. The molecule has 0 spiro atoms. The zero-order valence-electron chi connectivity index (χ0n) is 12.4. The van der Waals surface area contributed by atoms with Gasteiger partial charge in [0.2, 0.25) is 5.91 Å². The van der Waals surface area contributed by atoms with E-state index in [1.165, 1.54) is 18.2 Å². The highest BCUT2D eigenvalue weighted by Crippen LogP contribution is 2.47. The van der Waals surface area contributed by atoms with Crippen LogP contribution in [-0.2, 0) is 9.59 Å². The van der Waals surface area contributed by atoms with Crippen molar-refractivity contribution < 1.29 is 24.6 Å². The van der Waals surface area contributed by atoms with Gasteiger partial charge in [0.25, 0.3) is 5.91 Å². The summed E-state index contributed by atoms with van der Waals surface area (Å²) in [4.78, 5) is 35.6. The topological polar surface area (TPSA) is 119 Å². The highest BCUT2D eigenvalue weighted by molar-refractivity contribution is 6.31. The summed E-state index contributed by atoms with van der Waals surface area (Å²) in [6.45, 7) is 0. The minimum absolute atomic E-state index is 0.105. The Morgan fingerprint density at radius 3 is 2.46 bits per heavy atom. The summed E-state index contributed by atoms with van der Waals surface area (Å²) in [7, 11) is 0. The number of aliphatic carboxylic acids is 1. The Morgan fingerprint density at radius 1 is 1.12 bits per heavy atom. The van der Waals surface area contributed by atoms with Crippen LogP contribution in [0, 0.1) is 23.7 Å². The van der Waals surface area contributed by atoms with Gasteiger partial charge in [-0.05, 0) is 36.5 Å². The largest absolute Gasteiger partial charge is 0.550 e. The van der Waals surface area contributed by atoms with Crippen molar-refractivity contribution in [3.05, 3.63) is 40.9 Å². The molecule has 24 heavy (non-hydrogen) atoms. The van der Waals surface area contributed by atoms with E-state index in [0.29, 0.717) is 6.42 Å². The van der Waals surface area contributed by atoms with Gasteiger partial charge in [-0.15, -0.1) is 0 Å². The van der Waals surface area contributed by atoms with Crippen molar-refractivity contribution in [2.45, 2.75) is 6.42 Å². The number of hydrazine groups is 1. The molecular formula is C16H14ClN2O5-. The van der Waals surface area contributed by atoms with Crippen molar-refractivity contribution in [3.8, 4) is 5.75 Å². The number of nitrogens with one attached hydrogen (secondary N) is 2. The molecule has 1 saturated carbocycles. The molecule has 0 aromatic heterocycles. The van der Waals surface area contributed by atoms with E-state index in [4.69, 9.17) is 11.6 Å². The van der Waals surface area contributed by atoms with E-state index in [0.717, 1.165) is 0 Å². The molecule has 126 valence electrons. The zero-order valence-corrected chi connectivity index (χ0v) is 13.1. The molecule has 7 nitrogen and oxygen atoms in total. The van der Waals surface area contributed by atoms with E-state index < -0.39 is 29.6 Å². The van der Waals surface area contributed by atoms with Crippen LogP contribution in [0.25, 0.3) is 0 Å². The molecule has 3 N–H and O–H groups in total. The number of aromatic hydroxyl groups is 1. The standard InChI is InChI=1S/C16H15ClN2O5/c17-9-3-4-11(20)10(6-9)14(21)18-19-15(22)12-7-1-2-8(5-7)13(12)16(23)24/h1-4,6-8,12-13,20H,5H2,(H,18,21)(H,19,22)(H,23,24)/p-1/t7-,8+,12+,13+/m0/s1. The van der Waals surface area contributed by atoms with Crippen molar-refractivity contribution in [3.63, 3.8) is 0 Å². The highest BCUT2D eigenvalue weighted by atomic mass is 35.5. The molecule has 4 atom stereocenters. The number of carboxylic acids is 1. The first-order valence-electron chi connectivity index (χ1n) is 7.36. The number of carbonyl (C=O) groups is 3. The number of amides is 2. The monoisotopic (exact) mass is 349 g/mol. The first kappa shape index (κ1) is 16.3. The third-order valence-corrected chi connectivity index (χ3v) is 4.77. The van der Waals surface area contributed by atoms with E-state index >= 15 is 0 Å². The Bertz CT molecular complexity index is 748. The Balaban J connectivity index is 1.67. The Hall–Kier alpha value is -2.54. The van der Waals surface area contributed by atoms with Crippen LogP contribution in [0.15, 0.2) is 30.4 Å². The molecule has 2 amide bonds. The lowest BCUT2D eigenvalue weighted by molar-refractivity contribution is -0.313. The summed E-state index contributed by atoms with van der Waals surface area (Å²) >= 11 is 5.77. The molecule has 0 saturated heterocycles. The van der Waals surface area contributed by atoms with Crippen molar-refractivity contribution in [2.75, 3.05) is 0 Å². The molecule has 1 aromatic rings. The van der Waals surface area contributed by atoms with Crippen LogP contribution in [0.4, 0.5) is 0 Å². The van der Waals surface area contributed by atoms with Gasteiger partial charge >= 0.3 is 0 Å². The van der Waals surface area contributed by atoms with Gasteiger partial charge in [-0.2, -0.15) is 0 Å². The fourth-order valence-electron chi connectivity index (χ4n) is 3.46. The maximum Gasteiger partial charge on any atom is 0.273 e. The smallest absolute Gasteiger partial charge is 0.273 e. The summed E-state index contributed by atoms with van der Waals surface area (Å²) in [6, 6.07) is 3.92. The van der Waals surface area contributed by atoms with Crippen LogP contribution in [0.2, 0.25) is 5.02 Å². The van der Waals surface area contributed by atoms with Crippen LogP contribution >= 0.6 is 11.6 Å². The lowest BCUT2D eigenvalue weighted by Crippen LogP contribution is -2.50. The number of benzene rings is 1. The maximum atomic E-state index is 12.3. The number of rotatable bonds is 3. The fourth-order valence-corrected chi connectivity index (χ4v) is 3.63. The second kappa shape index (κ2) is 6.16. The van der Waals surface area contributed by atoms with E-state index in [2.05, 4.69) is 10.9 Å². The first-order valence-corrected chi connectivity index (χ1v) is 7.74. The quantitative estimate of drug-likeness (QED) is 0.524. The van der Waals surface area contributed by atoms with E-state index in [1.54, 1.807) is 6.08 Å². The van der Waals surface area contributed by atoms with Crippen molar-refractivity contribution in [1.82, 2.24) is 10.9 Å². The number of fused-ring (bicyclic) bond motifs is 2. The van der Waals surface area contributed by atoms with Gasteiger partial charge in [0.05, 0.1) is 11.5 Å². The molecule has 8 heteroatoms. The van der Waals surface area contributed by atoms with Crippen LogP contribution in [0.1, 0.15) is 16.8 Å². The SMILES string of the molecule is O=C(NNC(=O)[C@H]1[C@H](C(=O)[O-])[C@@H]2C=C[C@H]1C2)c1cc(Cl)ccc1O. The lowest BCUT2D eigenvalue weighted by atomic mass is 9.82. The average molecular weight is 350 g/mol. The zero-order chi connectivity index (χ0) is 17.4. The third-order valence-electron chi connectivity index (χ3n) is 4.54. The van der Waals surface area contributed by atoms with Crippen LogP contribution in [0.3, 0.4) is 0 Å². The fraction of sp³-hybridized carbons (Fsp3) is 0.312. The predicted octanol–water partition coefficient (Wildman–Crippen LogP) is -0.00520. The Morgan fingerprint density at radius 2 is 1.79 bits per heavy atom. The molecule has 3 rings (SSSR count). The highest BCUT2D eigenvalue weighted by Gasteiger charge is 2.48. The number of phenolic OH excluding ortho intramolecular Hbond substituents is 1. The van der Waals surface area contributed by atoms with Gasteiger partial charge in [0.15, 0.2) is 0 Å². The number of allylic oxidation sites excluding steroid dienone is 2. The van der Waals surface area contributed by atoms with Gasteiger partial charge in [-0.3, -0.25) is 20.4 Å². The lowest BCUT2D eigenvalue weighted by Gasteiger charge is -2.27. The molecule has 2 bridgehead atoms. The summed E-state index contributed by atoms with van der Waals surface area (Å²) in [5, 5.41) is 21.2. The van der Waals surface area contributed by atoms with E-state index in [-0.39, 0.29) is 28.2 Å². The number of halogens is 1. The third kappa shape index (κ3) is 2.82. The summed E-state index contributed by atoms with van der Waals surface area (Å²) in [5.41, 5.74) is 4.29. The molecule has 0 aliphatic heterocycles. The van der Waals surface area contributed by atoms with Crippen molar-refractivity contribution >= 4 is 29.4 Å². The van der Waals surface area contributed by atoms with Gasteiger partial charge in [0.1, 0.15) is 5.75 Å². The van der Waals surface area contributed by atoms with E-state index in [1.807, 2.05) is 6.08 Å². The number of hydrogen-bond donors (Lipinski definition) is 3. The molecule has 2 aliphatic rings. The summed E-state index contributed by atoms with van der Waals surface area (Å²) < 4.78 is 0. The molecule has 1 fully saturated rings. The first-order chi connectivity index (χ1) is 11.4. The number of carbonyl (C=O) groups excluding carboxylic acids is 3. The van der Waals surface area contributed by atoms with Crippen molar-refractivity contribution in [2.24, 2.45) is 23.7 Å². The van der Waals surface area contributed by atoms with E-state index in [9.17, 15) is 24.6 Å². The maximum absolute atomic E-state index is 12.3. The van der Waals surface area contributed by atoms with Crippen LogP contribution in [0.5, 0.6) is 5.75 Å². The second-order valence-electron chi connectivity index (χ2n) is 5.92. The molecule has 2 aliphatic carbocycles. The molecule has 1 aromatic carbocycles. The molecule has 0 radical (unpaired) electrons. The van der Waals surface area contributed by atoms with Crippen molar-refractivity contribution in [1.29, 1.82) is 0 Å². The number of carboxylic acid groups (broad SMARTS) is 1. The minimum atomic E-state index is -1.27. The Kier molecular flexibility index (Phi) is 4.19. The van der Waals surface area contributed by atoms with Gasteiger partial charge in [-0.25, -0.2) is 0 Å². The minimum Gasteiger partial charge on any atom is -0.550 e. The second-order valence-corrected chi connectivity index (χ2v) is 6.36. The van der Waals surface area contributed by atoms with Crippen LogP contribution < -0.4 is 16.0 Å². The summed E-state index contributed by atoms with van der Waals surface area (Å²) in [6.07, 6.45) is 4.19. The predicted molar refractivity (Wildman–Crippen MR) is 81.4 cm³/mol. The van der Waals surface area contributed by atoms with Gasteiger partial charge in [-0.1, -0.05) is 23.8 Å².